The van der Waals surface area contributed by atoms with E-state index in [0.29, 0.717) is 5.56 Å². The number of nitro benzene ring substituents is 1. The van der Waals surface area contributed by atoms with Gasteiger partial charge in [0.15, 0.2) is 11.5 Å². The number of hydrogen-bond acceptors (Lipinski definition) is 8. The molecule has 1 heterocycles. The molecule has 1 fully saturated rings. The number of non-ortho nitro benzene ring substituents is 1. The molecule has 0 aromatic heterocycles. The maximum atomic E-state index is 13.7. The molecule has 37 heavy (non-hydrogen) atoms. The van der Waals surface area contributed by atoms with Gasteiger partial charge in [0.2, 0.25) is 5.75 Å². The quantitative estimate of drug-likeness (QED) is 0.164. The van der Waals surface area contributed by atoms with Crippen molar-refractivity contribution in [3.63, 3.8) is 0 Å². The predicted molar refractivity (Wildman–Crippen MR) is 130 cm³/mol. The molecule has 0 radical (unpaired) electrons. The normalized spacial score (nSPS) is 16.5. The van der Waals surface area contributed by atoms with E-state index in [9.17, 15) is 29.2 Å². The SMILES string of the molecule is COc1cc(C2/C(=C(\O)c3cccc([N+](=O)[O-])c3)C(=O)C(=O)N2c2ccc(F)cc2)cc(OC)c1OC. The molecule has 1 N–H and O–H groups in total. The maximum absolute atomic E-state index is 13.7. The molecule has 0 bridgehead atoms. The number of amides is 1. The van der Waals surface area contributed by atoms with Crippen LogP contribution in [0.1, 0.15) is 17.2 Å². The van der Waals surface area contributed by atoms with Gasteiger partial charge in [-0.2, -0.15) is 0 Å². The van der Waals surface area contributed by atoms with Gasteiger partial charge in [-0.05, 0) is 42.0 Å². The van der Waals surface area contributed by atoms with Crippen molar-refractivity contribution in [2.75, 3.05) is 26.2 Å². The number of aliphatic hydroxyl groups is 1. The third kappa shape index (κ3) is 4.42. The number of rotatable bonds is 7. The standard InChI is InChI=1S/C26H21FN2O8/c1-35-19-12-15(13-20(36-2)25(19)37-3)22-21(23(30)14-5-4-6-18(11-14)29(33)34)24(31)26(32)28(22)17-9-7-16(27)8-10-17/h4-13,22,30H,1-3H3/b23-21+. The fraction of sp³-hybridized carbons (Fsp3) is 0.154. The Morgan fingerprint density at radius 1 is 0.973 bits per heavy atom. The van der Waals surface area contributed by atoms with Crippen LogP contribution < -0.4 is 19.1 Å². The minimum absolute atomic E-state index is 0.0382. The van der Waals surface area contributed by atoms with Crippen LogP contribution in [0.3, 0.4) is 0 Å². The van der Waals surface area contributed by atoms with Crippen LogP contribution in [0.5, 0.6) is 17.2 Å². The van der Waals surface area contributed by atoms with Gasteiger partial charge in [0.1, 0.15) is 11.6 Å². The second kappa shape index (κ2) is 9.97. The number of aliphatic hydroxyl groups excluding tert-OH is 1. The van der Waals surface area contributed by atoms with Gasteiger partial charge in [-0.15, -0.1) is 0 Å². The van der Waals surface area contributed by atoms with E-state index in [1.54, 1.807) is 0 Å². The lowest BCUT2D eigenvalue weighted by Crippen LogP contribution is -2.29. The molecule has 1 unspecified atom stereocenters. The number of ketones is 1. The minimum atomic E-state index is -1.22. The number of Topliss-reactive ketones (excluding diaryl/α,β-unsaturated/α-hetero) is 1. The van der Waals surface area contributed by atoms with Crippen molar-refractivity contribution in [2.24, 2.45) is 0 Å². The summed E-state index contributed by atoms with van der Waals surface area (Å²) in [5.74, 6) is -2.50. The molecule has 3 aromatic carbocycles. The van der Waals surface area contributed by atoms with Crippen LogP contribution in [-0.2, 0) is 9.59 Å². The van der Waals surface area contributed by atoms with Gasteiger partial charge in [-0.1, -0.05) is 12.1 Å². The van der Waals surface area contributed by atoms with E-state index < -0.39 is 34.2 Å². The Morgan fingerprint density at radius 3 is 2.14 bits per heavy atom. The molecule has 1 saturated heterocycles. The molecule has 1 aliphatic heterocycles. The van der Waals surface area contributed by atoms with Gasteiger partial charge in [-0.3, -0.25) is 24.6 Å². The van der Waals surface area contributed by atoms with Crippen molar-refractivity contribution in [3.05, 3.63) is 93.3 Å². The zero-order valence-electron chi connectivity index (χ0n) is 19.9. The number of nitro groups is 1. The van der Waals surface area contributed by atoms with Gasteiger partial charge in [0.25, 0.3) is 17.4 Å². The monoisotopic (exact) mass is 508 g/mol. The van der Waals surface area contributed by atoms with Crippen molar-refractivity contribution in [1.82, 2.24) is 0 Å². The highest BCUT2D eigenvalue weighted by atomic mass is 19.1. The van der Waals surface area contributed by atoms with E-state index in [4.69, 9.17) is 14.2 Å². The summed E-state index contributed by atoms with van der Waals surface area (Å²) in [5, 5.41) is 22.5. The van der Waals surface area contributed by atoms with E-state index in [-0.39, 0.29) is 39.8 Å². The number of carbonyl (C=O) groups is 2. The summed E-state index contributed by atoms with van der Waals surface area (Å²) < 4.78 is 29.8. The van der Waals surface area contributed by atoms with E-state index >= 15 is 0 Å². The summed E-state index contributed by atoms with van der Waals surface area (Å²) in [5.41, 5.74) is -0.209. The third-order valence-electron chi connectivity index (χ3n) is 5.88. The molecule has 0 aliphatic carbocycles. The van der Waals surface area contributed by atoms with Crippen LogP contribution in [0, 0.1) is 15.9 Å². The van der Waals surface area contributed by atoms with Crippen LogP contribution in [0.15, 0.2) is 66.2 Å². The Bertz CT molecular complexity index is 1410. The summed E-state index contributed by atoms with van der Waals surface area (Å²) in [7, 11) is 4.19. The summed E-state index contributed by atoms with van der Waals surface area (Å²) in [6, 6.07) is 11.7. The predicted octanol–water partition coefficient (Wildman–Crippen LogP) is 4.39. The molecule has 1 atom stereocenters. The molecule has 11 heteroatoms. The molecule has 0 spiro atoms. The molecule has 4 rings (SSSR count). The van der Waals surface area contributed by atoms with E-state index in [1.165, 1.54) is 63.8 Å². The van der Waals surface area contributed by atoms with Crippen molar-refractivity contribution >= 4 is 28.8 Å². The number of nitrogens with zero attached hydrogens (tertiary/aromatic N) is 2. The zero-order chi connectivity index (χ0) is 26.9. The number of methoxy groups -OCH3 is 3. The topological polar surface area (TPSA) is 128 Å². The third-order valence-corrected chi connectivity index (χ3v) is 5.88. The Morgan fingerprint density at radius 2 is 1.59 bits per heavy atom. The van der Waals surface area contributed by atoms with Crippen LogP contribution in [0.4, 0.5) is 15.8 Å². The number of benzene rings is 3. The van der Waals surface area contributed by atoms with Crippen LogP contribution in [-0.4, -0.2) is 43.0 Å². The van der Waals surface area contributed by atoms with Crippen molar-refractivity contribution in [2.45, 2.75) is 6.04 Å². The van der Waals surface area contributed by atoms with E-state index in [1.807, 2.05) is 0 Å². The van der Waals surface area contributed by atoms with Gasteiger partial charge >= 0.3 is 0 Å². The second-order valence-corrected chi connectivity index (χ2v) is 7.91. The molecular weight excluding hydrogens is 487 g/mol. The number of carbonyl (C=O) groups excluding carboxylic acids is 2. The van der Waals surface area contributed by atoms with Crippen LogP contribution in [0.2, 0.25) is 0 Å². The van der Waals surface area contributed by atoms with Gasteiger partial charge in [-0.25, -0.2) is 4.39 Å². The first kappa shape index (κ1) is 25.2. The Hall–Kier alpha value is -4.93. The van der Waals surface area contributed by atoms with Gasteiger partial charge in [0, 0.05) is 23.4 Å². The highest BCUT2D eigenvalue weighted by Gasteiger charge is 2.47. The number of ether oxygens (including phenoxy) is 3. The Labute approximate surface area is 210 Å². The largest absolute Gasteiger partial charge is 0.507 e. The van der Waals surface area contributed by atoms with Crippen molar-refractivity contribution in [3.8, 4) is 17.2 Å². The first-order valence-corrected chi connectivity index (χ1v) is 10.8. The van der Waals surface area contributed by atoms with Crippen molar-refractivity contribution in [1.29, 1.82) is 0 Å². The average molecular weight is 508 g/mol. The number of hydrogen-bond donors (Lipinski definition) is 1. The molecule has 0 saturated carbocycles. The average Bonchev–Trinajstić information content (AvgIpc) is 3.17. The lowest BCUT2D eigenvalue weighted by molar-refractivity contribution is -0.384. The lowest BCUT2D eigenvalue weighted by Gasteiger charge is -2.26. The maximum Gasteiger partial charge on any atom is 0.300 e. The summed E-state index contributed by atoms with van der Waals surface area (Å²) >= 11 is 0. The lowest BCUT2D eigenvalue weighted by atomic mass is 9.94. The highest BCUT2D eigenvalue weighted by Crippen LogP contribution is 2.47. The summed E-state index contributed by atoms with van der Waals surface area (Å²) in [6.45, 7) is 0. The fourth-order valence-corrected chi connectivity index (χ4v) is 4.20. The highest BCUT2D eigenvalue weighted by molar-refractivity contribution is 6.51. The second-order valence-electron chi connectivity index (χ2n) is 7.91. The Balaban J connectivity index is 2.02. The van der Waals surface area contributed by atoms with Gasteiger partial charge in [0.05, 0.1) is 37.9 Å². The van der Waals surface area contributed by atoms with Crippen LogP contribution in [0.25, 0.3) is 5.76 Å². The molecule has 1 aliphatic rings. The molecule has 10 nitrogen and oxygen atoms in total. The summed E-state index contributed by atoms with van der Waals surface area (Å²) in [6.07, 6.45) is 0. The molecule has 1 amide bonds. The summed E-state index contributed by atoms with van der Waals surface area (Å²) in [4.78, 5) is 38.3. The first-order chi connectivity index (χ1) is 17.7. The number of halogens is 1. The number of anilines is 1. The Kier molecular flexibility index (Phi) is 6.79. The first-order valence-electron chi connectivity index (χ1n) is 10.8. The molecular formula is C26H21FN2O8. The van der Waals surface area contributed by atoms with Crippen molar-refractivity contribution < 1.29 is 38.2 Å². The smallest absolute Gasteiger partial charge is 0.300 e. The van der Waals surface area contributed by atoms with Gasteiger partial charge < -0.3 is 19.3 Å². The van der Waals surface area contributed by atoms with E-state index in [0.717, 1.165) is 23.1 Å². The van der Waals surface area contributed by atoms with Crippen LogP contribution >= 0.6 is 0 Å². The molecule has 190 valence electrons. The zero-order valence-corrected chi connectivity index (χ0v) is 19.9. The fourth-order valence-electron chi connectivity index (χ4n) is 4.20. The minimum Gasteiger partial charge on any atom is -0.507 e. The van der Waals surface area contributed by atoms with E-state index in [2.05, 4.69) is 0 Å². The molecule has 3 aromatic rings.